The monoisotopic (exact) mass is 276 g/mol. The van der Waals surface area contributed by atoms with Crippen LogP contribution in [0.3, 0.4) is 0 Å². The van der Waals surface area contributed by atoms with Gasteiger partial charge in [-0.05, 0) is 23.8 Å². The lowest BCUT2D eigenvalue weighted by atomic mass is 10.2. The fraction of sp³-hybridized carbons (Fsp3) is 0.0833. The van der Waals surface area contributed by atoms with Crippen molar-refractivity contribution in [2.24, 2.45) is 0 Å². The van der Waals surface area contributed by atoms with Crippen molar-refractivity contribution >= 4 is 40.3 Å². The van der Waals surface area contributed by atoms with E-state index in [0.29, 0.717) is 15.0 Å². The van der Waals surface area contributed by atoms with E-state index in [-0.39, 0.29) is 12.5 Å². The molecule has 2 rings (SSSR count). The third-order valence-corrected chi connectivity index (χ3v) is 3.29. The highest BCUT2D eigenvalue weighted by Gasteiger charge is 2.21. The maximum atomic E-state index is 11.4. The number of nitrogens with one attached hydrogen (secondary N) is 1. The molecule has 90 valence electrons. The Bertz CT molecular complexity index is 558. The summed E-state index contributed by atoms with van der Waals surface area (Å²) < 4.78 is 5.60. The van der Waals surface area contributed by atoms with Crippen LogP contribution in [0, 0.1) is 11.3 Å². The van der Waals surface area contributed by atoms with Crippen LogP contribution in [0.5, 0.6) is 5.75 Å². The molecule has 0 radical (unpaired) electrons. The van der Waals surface area contributed by atoms with Gasteiger partial charge in [0.05, 0.1) is 4.91 Å². The zero-order valence-corrected chi connectivity index (χ0v) is 10.8. The molecule has 0 spiro atoms. The molecular weight excluding hydrogens is 268 g/mol. The molecule has 1 N–H and O–H groups in total. The topological polar surface area (TPSA) is 62.1 Å². The Morgan fingerprint density at radius 1 is 1.44 bits per heavy atom. The summed E-state index contributed by atoms with van der Waals surface area (Å²) in [7, 11) is 0. The van der Waals surface area contributed by atoms with Crippen LogP contribution in [0.25, 0.3) is 6.08 Å². The van der Waals surface area contributed by atoms with E-state index in [1.807, 2.05) is 18.2 Å². The number of amides is 1. The molecule has 0 bridgehead atoms. The quantitative estimate of drug-likeness (QED) is 0.676. The van der Waals surface area contributed by atoms with Gasteiger partial charge in [0.25, 0.3) is 5.91 Å². The van der Waals surface area contributed by atoms with Crippen molar-refractivity contribution in [1.82, 2.24) is 5.32 Å². The average Bonchev–Trinajstić information content (AvgIpc) is 2.67. The minimum Gasteiger partial charge on any atom is -0.479 e. The summed E-state index contributed by atoms with van der Waals surface area (Å²) in [5.41, 5.74) is 0.877. The van der Waals surface area contributed by atoms with Crippen molar-refractivity contribution in [2.75, 3.05) is 6.61 Å². The molecule has 1 aromatic carbocycles. The van der Waals surface area contributed by atoms with Crippen molar-refractivity contribution in [1.29, 1.82) is 5.26 Å². The van der Waals surface area contributed by atoms with Crippen LogP contribution in [0.2, 0.25) is 0 Å². The summed E-state index contributed by atoms with van der Waals surface area (Å²) in [6, 6.07) is 9.02. The molecule has 1 amide bonds. The van der Waals surface area contributed by atoms with E-state index in [0.717, 1.165) is 5.56 Å². The van der Waals surface area contributed by atoms with Gasteiger partial charge >= 0.3 is 0 Å². The Morgan fingerprint density at radius 2 is 2.17 bits per heavy atom. The fourth-order valence-electron chi connectivity index (χ4n) is 1.35. The number of thiocarbonyl (C=S) groups is 1. The molecule has 0 atom stereocenters. The van der Waals surface area contributed by atoms with E-state index < -0.39 is 0 Å². The Morgan fingerprint density at radius 3 is 2.72 bits per heavy atom. The van der Waals surface area contributed by atoms with E-state index in [4.69, 9.17) is 22.2 Å². The highest BCUT2D eigenvalue weighted by Crippen LogP contribution is 2.26. The summed E-state index contributed by atoms with van der Waals surface area (Å²) in [6.07, 6.45) is 1.76. The number of carbonyl (C=O) groups is 1. The minimum atomic E-state index is -0.171. The van der Waals surface area contributed by atoms with Crippen LogP contribution in [0.1, 0.15) is 5.56 Å². The van der Waals surface area contributed by atoms with E-state index in [1.54, 1.807) is 18.2 Å². The maximum Gasteiger partial charge on any atom is 0.263 e. The number of ether oxygens (including phenoxy) is 1. The molecule has 18 heavy (non-hydrogen) atoms. The number of carbonyl (C=O) groups excluding carboxylic acids is 1. The number of benzene rings is 1. The Hall–Kier alpha value is -1.84. The van der Waals surface area contributed by atoms with Crippen molar-refractivity contribution in [3.8, 4) is 11.8 Å². The number of rotatable bonds is 3. The molecule has 0 aromatic heterocycles. The van der Waals surface area contributed by atoms with Gasteiger partial charge in [-0.2, -0.15) is 5.26 Å². The summed E-state index contributed by atoms with van der Waals surface area (Å²) in [5, 5.41) is 10.9. The van der Waals surface area contributed by atoms with Gasteiger partial charge in [0, 0.05) is 0 Å². The SMILES string of the molecule is N#CCOc1ccc(/C=C2\SC(=S)NC2=O)cc1. The highest BCUT2D eigenvalue weighted by molar-refractivity contribution is 8.26. The summed E-state index contributed by atoms with van der Waals surface area (Å²) in [6.45, 7) is 0.0208. The summed E-state index contributed by atoms with van der Waals surface area (Å²) in [5.74, 6) is 0.451. The molecule has 1 aliphatic rings. The van der Waals surface area contributed by atoms with Crippen LogP contribution in [-0.4, -0.2) is 16.8 Å². The normalized spacial score (nSPS) is 16.5. The molecule has 1 aliphatic heterocycles. The van der Waals surface area contributed by atoms with E-state index >= 15 is 0 Å². The molecule has 0 saturated carbocycles. The second-order valence-electron chi connectivity index (χ2n) is 3.37. The number of hydrogen-bond acceptors (Lipinski definition) is 5. The smallest absolute Gasteiger partial charge is 0.263 e. The first kappa shape index (κ1) is 12.6. The third-order valence-electron chi connectivity index (χ3n) is 2.12. The Balaban J connectivity index is 2.11. The van der Waals surface area contributed by atoms with Crippen LogP contribution < -0.4 is 10.1 Å². The van der Waals surface area contributed by atoms with Crippen LogP contribution in [0.4, 0.5) is 0 Å². The van der Waals surface area contributed by atoms with E-state index in [9.17, 15) is 4.79 Å². The molecule has 0 unspecified atom stereocenters. The molecule has 4 nitrogen and oxygen atoms in total. The van der Waals surface area contributed by atoms with Crippen molar-refractivity contribution in [3.63, 3.8) is 0 Å². The zero-order chi connectivity index (χ0) is 13.0. The summed E-state index contributed by atoms with van der Waals surface area (Å²) >= 11 is 6.14. The van der Waals surface area contributed by atoms with Crippen LogP contribution >= 0.6 is 24.0 Å². The van der Waals surface area contributed by atoms with Crippen molar-refractivity contribution in [3.05, 3.63) is 34.7 Å². The van der Waals surface area contributed by atoms with Gasteiger partial charge < -0.3 is 10.1 Å². The number of nitrogens with zero attached hydrogens (tertiary/aromatic N) is 1. The average molecular weight is 276 g/mol. The first-order valence-corrected chi connectivity index (χ1v) is 6.26. The van der Waals surface area contributed by atoms with Gasteiger partial charge in [-0.1, -0.05) is 36.1 Å². The molecule has 1 saturated heterocycles. The van der Waals surface area contributed by atoms with Crippen LogP contribution in [-0.2, 0) is 4.79 Å². The lowest BCUT2D eigenvalue weighted by Crippen LogP contribution is -2.17. The van der Waals surface area contributed by atoms with E-state index in [1.165, 1.54) is 11.8 Å². The number of hydrogen-bond donors (Lipinski definition) is 1. The molecule has 0 aliphatic carbocycles. The molecule has 1 aromatic rings. The number of nitriles is 1. The largest absolute Gasteiger partial charge is 0.479 e. The first-order chi connectivity index (χ1) is 8.69. The number of thioether (sulfide) groups is 1. The van der Waals surface area contributed by atoms with Gasteiger partial charge in [-0.15, -0.1) is 0 Å². The predicted octanol–water partition coefficient (Wildman–Crippen LogP) is 2.08. The second kappa shape index (κ2) is 5.67. The third kappa shape index (κ3) is 3.09. The lowest BCUT2D eigenvalue weighted by molar-refractivity contribution is -0.115. The lowest BCUT2D eigenvalue weighted by Gasteiger charge is -2.01. The molecule has 1 heterocycles. The predicted molar refractivity (Wildman–Crippen MR) is 73.9 cm³/mol. The Kier molecular flexibility index (Phi) is 3.97. The van der Waals surface area contributed by atoms with Crippen molar-refractivity contribution < 1.29 is 9.53 Å². The summed E-state index contributed by atoms with van der Waals surface area (Å²) in [4.78, 5) is 12.0. The van der Waals surface area contributed by atoms with Gasteiger partial charge in [0.15, 0.2) is 6.61 Å². The van der Waals surface area contributed by atoms with Gasteiger partial charge in [-0.3, -0.25) is 4.79 Å². The standard InChI is InChI=1S/C12H8N2O2S2/c13-5-6-16-9-3-1-8(2-4-9)7-10-11(15)14-12(17)18-10/h1-4,7H,6H2,(H,14,15,17)/b10-7-. The second-order valence-corrected chi connectivity index (χ2v) is 5.09. The van der Waals surface area contributed by atoms with Gasteiger partial charge in [0.2, 0.25) is 0 Å². The maximum absolute atomic E-state index is 11.4. The molecule has 1 fully saturated rings. The first-order valence-electron chi connectivity index (χ1n) is 5.04. The van der Waals surface area contributed by atoms with Gasteiger partial charge in [-0.25, -0.2) is 0 Å². The fourth-order valence-corrected chi connectivity index (χ4v) is 2.39. The van der Waals surface area contributed by atoms with Crippen LogP contribution in [0.15, 0.2) is 29.2 Å². The van der Waals surface area contributed by atoms with Crippen molar-refractivity contribution in [2.45, 2.75) is 0 Å². The highest BCUT2D eigenvalue weighted by atomic mass is 32.2. The Labute approximate surface area is 114 Å². The minimum absolute atomic E-state index is 0.0208. The molecular formula is C12H8N2O2S2. The van der Waals surface area contributed by atoms with Gasteiger partial charge in [0.1, 0.15) is 16.1 Å². The molecule has 6 heteroatoms. The zero-order valence-electron chi connectivity index (χ0n) is 9.17. The van der Waals surface area contributed by atoms with E-state index in [2.05, 4.69) is 5.32 Å².